The molecule has 0 saturated carbocycles. The molecule has 3 heterocycles. The fourth-order valence-corrected chi connectivity index (χ4v) is 3.61. The molecular weight excluding hydrogens is 338 g/mol. The lowest BCUT2D eigenvalue weighted by Crippen LogP contribution is -2.41. The quantitative estimate of drug-likeness (QED) is 0.816. The number of carbonyl (C=O) groups excluding carboxylic acids is 1. The summed E-state index contributed by atoms with van der Waals surface area (Å²) in [7, 11) is 0. The van der Waals surface area contributed by atoms with Gasteiger partial charge in [0.1, 0.15) is 11.5 Å². The number of likely N-dealkylation sites (tertiary alicyclic amines) is 1. The molecule has 1 aromatic heterocycles. The summed E-state index contributed by atoms with van der Waals surface area (Å²) in [5.41, 5.74) is 0.652. The summed E-state index contributed by atoms with van der Waals surface area (Å²) in [6, 6.07) is 0. The predicted molar refractivity (Wildman–Crippen MR) is 80.2 cm³/mol. The first kappa shape index (κ1) is 15.1. The number of halogens is 1. The minimum absolute atomic E-state index is 0.0444. The summed E-state index contributed by atoms with van der Waals surface area (Å²) in [6.45, 7) is 6.53. The van der Waals surface area contributed by atoms with E-state index >= 15 is 0 Å². The van der Waals surface area contributed by atoms with Gasteiger partial charge in [0.25, 0.3) is 5.91 Å². The van der Waals surface area contributed by atoms with E-state index in [1.54, 1.807) is 0 Å². The van der Waals surface area contributed by atoms with Crippen molar-refractivity contribution in [1.82, 2.24) is 4.90 Å². The van der Waals surface area contributed by atoms with E-state index in [9.17, 15) is 4.79 Å². The highest BCUT2D eigenvalue weighted by atomic mass is 79.9. The maximum atomic E-state index is 12.7. The predicted octanol–water partition coefficient (Wildman–Crippen LogP) is 2.88. The molecule has 0 spiro atoms. The van der Waals surface area contributed by atoms with Crippen LogP contribution in [0.2, 0.25) is 0 Å². The van der Waals surface area contributed by atoms with Crippen LogP contribution in [0.25, 0.3) is 0 Å². The number of piperidine rings is 1. The van der Waals surface area contributed by atoms with E-state index < -0.39 is 0 Å². The van der Waals surface area contributed by atoms with Crippen molar-refractivity contribution in [3.05, 3.63) is 21.6 Å². The molecule has 2 aliphatic heterocycles. The average Bonchev–Trinajstić information content (AvgIpc) is 3.08. The van der Waals surface area contributed by atoms with Gasteiger partial charge >= 0.3 is 0 Å². The highest BCUT2D eigenvalue weighted by Gasteiger charge is 2.33. The number of furan rings is 1. The van der Waals surface area contributed by atoms with Gasteiger partial charge in [-0.05, 0) is 42.6 Å². The van der Waals surface area contributed by atoms with E-state index in [1.807, 2.05) is 18.7 Å². The smallest absolute Gasteiger partial charge is 0.258 e. The summed E-state index contributed by atoms with van der Waals surface area (Å²) in [4.78, 5) is 14.6. The number of aryl methyl sites for hydroxylation is 2. The SMILES string of the molecule is Cc1oc(C)c(C(=O)N2CCC(C3OCCO3)CC2)c1Br. The molecule has 0 unspecified atom stereocenters. The normalized spacial score (nSPS) is 21.2. The van der Waals surface area contributed by atoms with Crippen LogP contribution in [-0.4, -0.2) is 43.4 Å². The first-order valence-electron chi connectivity index (χ1n) is 7.36. The molecule has 1 aromatic rings. The van der Waals surface area contributed by atoms with Crippen molar-refractivity contribution >= 4 is 21.8 Å². The zero-order chi connectivity index (χ0) is 15.0. The van der Waals surface area contributed by atoms with Gasteiger partial charge in [-0.15, -0.1) is 0 Å². The topological polar surface area (TPSA) is 51.9 Å². The summed E-state index contributed by atoms with van der Waals surface area (Å²) >= 11 is 3.45. The van der Waals surface area contributed by atoms with E-state index in [-0.39, 0.29) is 12.2 Å². The van der Waals surface area contributed by atoms with Crippen molar-refractivity contribution in [3.63, 3.8) is 0 Å². The molecule has 2 aliphatic rings. The van der Waals surface area contributed by atoms with Crippen LogP contribution in [0, 0.1) is 19.8 Å². The number of nitrogens with zero attached hydrogens (tertiary/aromatic N) is 1. The highest BCUT2D eigenvalue weighted by molar-refractivity contribution is 9.10. The van der Waals surface area contributed by atoms with Crippen molar-refractivity contribution in [2.45, 2.75) is 33.0 Å². The van der Waals surface area contributed by atoms with Gasteiger partial charge in [0.15, 0.2) is 6.29 Å². The Morgan fingerprint density at radius 1 is 1.14 bits per heavy atom. The molecule has 0 radical (unpaired) electrons. The van der Waals surface area contributed by atoms with Crippen LogP contribution in [0.5, 0.6) is 0 Å². The summed E-state index contributed by atoms with van der Waals surface area (Å²) < 4.78 is 17.4. The number of hydrogen-bond donors (Lipinski definition) is 0. The maximum Gasteiger partial charge on any atom is 0.258 e. The molecule has 3 rings (SSSR count). The molecule has 0 bridgehead atoms. The van der Waals surface area contributed by atoms with Crippen LogP contribution >= 0.6 is 15.9 Å². The van der Waals surface area contributed by atoms with Crippen molar-refractivity contribution in [2.75, 3.05) is 26.3 Å². The third-order valence-corrected chi connectivity index (χ3v) is 5.21. The summed E-state index contributed by atoms with van der Waals surface area (Å²) in [5, 5.41) is 0. The Kier molecular flexibility index (Phi) is 4.38. The molecule has 2 fully saturated rings. The molecule has 0 aliphatic carbocycles. The molecule has 1 amide bonds. The summed E-state index contributed by atoms with van der Waals surface area (Å²) in [6.07, 6.45) is 1.76. The van der Waals surface area contributed by atoms with E-state index in [0.717, 1.165) is 36.2 Å². The lowest BCUT2D eigenvalue weighted by atomic mass is 9.95. The average molecular weight is 358 g/mol. The Balaban J connectivity index is 1.65. The number of carbonyl (C=O) groups is 1. The second-order valence-electron chi connectivity index (χ2n) is 5.64. The van der Waals surface area contributed by atoms with Crippen LogP contribution in [0.3, 0.4) is 0 Å². The number of amides is 1. The lowest BCUT2D eigenvalue weighted by molar-refractivity contribution is -0.0956. The standard InChI is InChI=1S/C15H20BrNO4/c1-9-12(13(16)10(2)21-9)14(18)17-5-3-11(4-6-17)15-19-7-8-20-15/h11,15H,3-8H2,1-2H3. The van der Waals surface area contributed by atoms with Gasteiger partial charge in [-0.25, -0.2) is 0 Å². The Morgan fingerprint density at radius 3 is 2.29 bits per heavy atom. The third kappa shape index (κ3) is 2.89. The second kappa shape index (κ2) is 6.10. The fraction of sp³-hybridized carbons (Fsp3) is 0.667. The molecule has 0 aromatic carbocycles. The summed E-state index contributed by atoms with van der Waals surface area (Å²) in [5.74, 6) is 1.86. The lowest BCUT2D eigenvalue weighted by Gasteiger charge is -2.33. The van der Waals surface area contributed by atoms with Crippen molar-refractivity contribution < 1.29 is 18.7 Å². The van der Waals surface area contributed by atoms with Gasteiger partial charge in [-0.1, -0.05) is 0 Å². The monoisotopic (exact) mass is 357 g/mol. The van der Waals surface area contributed by atoms with Gasteiger partial charge in [-0.3, -0.25) is 4.79 Å². The molecule has 116 valence electrons. The van der Waals surface area contributed by atoms with E-state index in [0.29, 0.717) is 30.5 Å². The molecule has 2 saturated heterocycles. The van der Waals surface area contributed by atoms with Crippen molar-refractivity contribution in [2.24, 2.45) is 5.92 Å². The second-order valence-corrected chi connectivity index (χ2v) is 6.44. The Bertz CT molecular complexity index is 528. The van der Waals surface area contributed by atoms with Gasteiger partial charge in [0, 0.05) is 19.0 Å². The zero-order valence-corrected chi connectivity index (χ0v) is 13.9. The van der Waals surface area contributed by atoms with E-state index in [4.69, 9.17) is 13.9 Å². The fourth-order valence-electron chi connectivity index (χ4n) is 3.08. The molecule has 0 atom stereocenters. The molecule has 21 heavy (non-hydrogen) atoms. The molecule has 0 N–H and O–H groups in total. The number of ether oxygens (including phenoxy) is 2. The highest BCUT2D eigenvalue weighted by Crippen LogP contribution is 2.31. The molecule has 5 nitrogen and oxygen atoms in total. The number of rotatable bonds is 2. The first-order chi connectivity index (χ1) is 10.1. The van der Waals surface area contributed by atoms with E-state index in [1.165, 1.54) is 0 Å². The number of hydrogen-bond acceptors (Lipinski definition) is 4. The van der Waals surface area contributed by atoms with Crippen molar-refractivity contribution in [3.8, 4) is 0 Å². The van der Waals surface area contributed by atoms with Gasteiger partial charge < -0.3 is 18.8 Å². The van der Waals surface area contributed by atoms with E-state index in [2.05, 4.69) is 15.9 Å². The Labute approximate surface area is 132 Å². The largest absolute Gasteiger partial charge is 0.465 e. The first-order valence-corrected chi connectivity index (χ1v) is 8.15. The van der Waals surface area contributed by atoms with Gasteiger partial charge in [0.05, 0.1) is 23.2 Å². The zero-order valence-electron chi connectivity index (χ0n) is 12.4. The van der Waals surface area contributed by atoms with Crippen LogP contribution in [0.4, 0.5) is 0 Å². The Hall–Kier alpha value is -0.850. The van der Waals surface area contributed by atoms with Gasteiger partial charge in [-0.2, -0.15) is 0 Å². The minimum Gasteiger partial charge on any atom is -0.465 e. The van der Waals surface area contributed by atoms with Crippen LogP contribution in [0.1, 0.15) is 34.7 Å². The van der Waals surface area contributed by atoms with Crippen LogP contribution in [-0.2, 0) is 9.47 Å². The maximum absolute atomic E-state index is 12.7. The Morgan fingerprint density at radius 2 is 1.76 bits per heavy atom. The van der Waals surface area contributed by atoms with Crippen molar-refractivity contribution in [1.29, 1.82) is 0 Å². The minimum atomic E-state index is -0.0770. The van der Waals surface area contributed by atoms with Crippen LogP contribution in [0.15, 0.2) is 8.89 Å². The molecular formula is C15H20BrNO4. The van der Waals surface area contributed by atoms with Gasteiger partial charge in [0.2, 0.25) is 0 Å². The third-order valence-electron chi connectivity index (χ3n) is 4.26. The van der Waals surface area contributed by atoms with Crippen LogP contribution < -0.4 is 0 Å². The molecule has 6 heteroatoms.